The molecule has 0 aliphatic carbocycles. The van der Waals surface area contributed by atoms with Gasteiger partial charge in [0.25, 0.3) is 5.91 Å². The molecule has 25 heavy (non-hydrogen) atoms. The summed E-state index contributed by atoms with van der Waals surface area (Å²) in [5.41, 5.74) is 3.93. The van der Waals surface area contributed by atoms with E-state index in [9.17, 15) is 4.79 Å². The third-order valence-electron chi connectivity index (χ3n) is 4.84. The van der Waals surface area contributed by atoms with E-state index in [0.717, 1.165) is 25.3 Å². The fraction of sp³-hybridized carbons (Fsp3) is 0.381. The van der Waals surface area contributed by atoms with Crippen molar-refractivity contribution < 1.29 is 9.53 Å². The monoisotopic (exact) mass is 338 g/mol. The molecule has 1 atom stereocenters. The second-order valence-electron chi connectivity index (χ2n) is 6.78. The number of nitrogens with zero attached hydrogens (tertiary/aromatic N) is 1. The van der Waals surface area contributed by atoms with E-state index in [1.54, 1.807) is 0 Å². The van der Waals surface area contributed by atoms with Gasteiger partial charge in [-0.25, -0.2) is 0 Å². The number of hydrogen-bond donors (Lipinski definition) is 1. The van der Waals surface area contributed by atoms with Gasteiger partial charge in [-0.3, -0.25) is 4.79 Å². The number of amides is 1. The normalized spacial score (nSPS) is 16.7. The minimum atomic E-state index is -0.0616. The highest BCUT2D eigenvalue weighted by atomic mass is 16.5. The fourth-order valence-corrected chi connectivity index (χ4v) is 3.13. The lowest BCUT2D eigenvalue weighted by atomic mass is 10.1. The second-order valence-corrected chi connectivity index (χ2v) is 6.78. The molecule has 0 aromatic heterocycles. The quantitative estimate of drug-likeness (QED) is 0.878. The van der Waals surface area contributed by atoms with E-state index < -0.39 is 0 Å². The standard InChI is InChI=1S/C21H26N2O2/c1-16-8-9-19(12-17(16)2)23-11-10-18(14-23)13-22-21(24)15-25-20-6-4-3-5-7-20/h3-9,12,18H,10-11,13-15H2,1-2H3,(H,22,24). The number of hydrogen-bond acceptors (Lipinski definition) is 3. The van der Waals surface area contributed by atoms with Crippen molar-refractivity contribution in [1.29, 1.82) is 0 Å². The van der Waals surface area contributed by atoms with E-state index in [2.05, 4.69) is 42.3 Å². The molecule has 1 aliphatic heterocycles. The van der Waals surface area contributed by atoms with E-state index in [0.29, 0.717) is 12.5 Å². The zero-order valence-electron chi connectivity index (χ0n) is 15.0. The first-order chi connectivity index (χ1) is 12.1. The number of aryl methyl sites for hydroxylation is 2. The molecule has 2 aromatic carbocycles. The van der Waals surface area contributed by atoms with Crippen molar-refractivity contribution in [3.8, 4) is 5.75 Å². The minimum absolute atomic E-state index is 0.0616. The highest BCUT2D eigenvalue weighted by Gasteiger charge is 2.23. The van der Waals surface area contributed by atoms with Gasteiger partial charge >= 0.3 is 0 Å². The summed E-state index contributed by atoms with van der Waals surface area (Å²) in [4.78, 5) is 14.4. The number of para-hydroxylation sites is 1. The van der Waals surface area contributed by atoms with Gasteiger partial charge in [0.05, 0.1) is 0 Å². The summed E-state index contributed by atoms with van der Waals surface area (Å²) in [6, 6.07) is 16.0. The van der Waals surface area contributed by atoms with Gasteiger partial charge < -0.3 is 15.0 Å². The number of rotatable bonds is 6. The Morgan fingerprint density at radius 3 is 2.72 bits per heavy atom. The molecular formula is C21H26N2O2. The van der Waals surface area contributed by atoms with Gasteiger partial charge in [-0.2, -0.15) is 0 Å². The van der Waals surface area contributed by atoms with Gasteiger partial charge in [-0.1, -0.05) is 24.3 Å². The van der Waals surface area contributed by atoms with Crippen LogP contribution in [0.25, 0.3) is 0 Å². The van der Waals surface area contributed by atoms with Crippen molar-refractivity contribution in [2.75, 3.05) is 31.1 Å². The molecule has 4 heteroatoms. The third kappa shape index (κ3) is 4.75. The van der Waals surface area contributed by atoms with Crippen LogP contribution in [0.5, 0.6) is 5.75 Å². The first-order valence-corrected chi connectivity index (χ1v) is 8.88. The van der Waals surface area contributed by atoms with Gasteiger partial charge in [-0.05, 0) is 61.6 Å². The van der Waals surface area contributed by atoms with Gasteiger partial charge in [0.15, 0.2) is 6.61 Å². The molecule has 0 bridgehead atoms. The highest BCUT2D eigenvalue weighted by molar-refractivity contribution is 5.77. The van der Waals surface area contributed by atoms with Crippen LogP contribution in [-0.2, 0) is 4.79 Å². The van der Waals surface area contributed by atoms with Crippen LogP contribution in [0, 0.1) is 19.8 Å². The molecule has 2 aromatic rings. The molecule has 1 saturated heterocycles. The number of nitrogens with one attached hydrogen (secondary N) is 1. The molecule has 1 fully saturated rings. The first kappa shape index (κ1) is 17.3. The molecule has 1 amide bonds. The molecule has 1 unspecified atom stereocenters. The van der Waals surface area contributed by atoms with E-state index in [1.165, 1.54) is 16.8 Å². The molecule has 1 aliphatic rings. The van der Waals surface area contributed by atoms with Gasteiger partial charge in [-0.15, -0.1) is 0 Å². The Bertz CT molecular complexity index is 715. The minimum Gasteiger partial charge on any atom is -0.484 e. The summed E-state index contributed by atoms with van der Waals surface area (Å²) in [6.07, 6.45) is 1.10. The number of anilines is 1. The van der Waals surface area contributed by atoms with Gasteiger partial charge in [0, 0.05) is 25.3 Å². The summed E-state index contributed by atoms with van der Waals surface area (Å²) >= 11 is 0. The molecular weight excluding hydrogens is 312 g/mol. The van der Waals surface area contributed by atoms with E-state index in [-0.39, 0.29) is 12.5 Å². The smallest absolute Gasteiger partial charge is 0.257 e. The number of benzene rings is 2. The first-order valence-electron chi connectivity index (χ1n) is 8.88. The average Bonchev–Trinajstić information content (AvgIpc) is 3.10. The van der Waals surface area contributed by atoms with Crippen molar-refractivity contribution in [3.63, 3.8) is 0 Å². The molecule has 1 N–H and O–H groups in total. The predicted octanol–water partition coefficient (Wildman–Crippen LogP) is 3.32. The lowest BCUT2D eigenvalue weighted by Gasteiger charge is -2.20. The van der Waals surface area contributed by atoms with E-state index in [1.807, 2.05) is 30.3 Å². The van der Waals surface area contributed by atoms with Crippen LogP contribution < -0.4 is 15.0 Å². The predicted molar refractivity (Wildman–Crippen MR) is 101 cm³/mol. The maximum absolute atomic E-state index is 12.0. The zero-order chi connectivity index (χ0) is 17.6. The van der Waals surface area contributed by atoms with Crippen molar-refractivity contribution in [3.05, 3.63) is 59.7 Å². The van der Waals surface area contributed by atoms with Crippen LogP contribution >= 0.6 is 0 Å². The fourth-order valence-electron chi connectivity index (χ4n) is 3.13. The Labute approximate surface area is 149 Å². The number of carbonyl (C=O) groups is 1. The van der Waals surface area contributed by atoms with Crippen LogP contribution in [0.3, 0.4) is 0 Å². The Morgan fingerprint density at radius 1 is 1.16 bits per heavy atom. The van der Waals surface area contributed by atoms with Gasteiger partial charge in [0.2, 0.25) is 0 Å². The van der Waals surface area contributed by atoms with Crippen molar-refractivity contribution in [1.82, 2.24) is 5.32 Å². The second kappa shape index (κ2) is 8.06. The molecule has 0 spiro atoms. The van der Waals surface area contributed by atoms with Crippen LogP contribution in [0.15, 0.2) is 48.5 Å². The Morgan fingerprint density at radius 2 is 1.96 bits per heavy atom. The molecule has 4 nitrogen and oxygen atoms in total. The van der Waals surface area contributed by atoms with Crippen LogP contribution in [0.2, 0.25) is 0 Å². The summed E-state index contributed by atoms with van der Waals surface area (Å²) in [5, 5.41) is 3.00. The lowest BCUT2D eigenvalue weighted by Crippen LogP contribution is -2.34. The molecule has 132 valence electrons. The van der Waals surface area contributed by atoms with E-state index >= 15 is 0 Å². The largest absolute Gasteiger partial charge is 0.484 e. The lowest BCUT2D eigenvalue weighted by molar-refractivity contribution is -0.123. The molecule has 1 heterocycles. The van der Waals surface area contributed by atoms with Gasteiger partial charge in [0.1, 0.15) is 5.75 Å². The topological polar surface area (TPSA) is 41.6 Å². The van der Waals surface area contributed by atoms with Crippen LogP contribution in [-0.4, -0.2) is 32.1 Å². The maximum atomic E-state index is 12.0. The van der Waals surface area contributed by atoms with Crippen molar-refractivity contribution >= 4 is 11.6 Å². The number of ether oxygens (including phenoxy) is 1. The Hall–Kier alpha value is -2.49. The zero-order valence-corrected chi connectivity index (χ0v) is 15.0. The van der Waals surface area contributed by atoms with E-state index in [4.69, 9.17) is 4.74 Å². The third-order valence-corrected chi connectivity index (χ3v) is 4.84. The maximum Gasteiger partial charge on any atom is 0.257 e. The van der Waals surface area contributed by atoms with Crippen molar-refractivity contribution in [2.24, 2.45) is 5.92 Å². The molecule has 3 rings (SSSR count). The summed E-state index contributed by atoms with van der Waals surface area (Å²) in [5.74, 6) is 1.15. The number of carbonyl (C=O) groups excluding carboxylic acids is 1. The molecule has 0 saturated carbocycles. The Balaban J connectivity index is 1.42. The summed E-state index contributed by atoms with van der Waals surface area (Å²) < 4.78 is 5.48. The average molecular weight is 338 g/mol. The summed E-state index contributed by atoms with van der Waals surface area (Å²) in [7, 11) is 0. The highest BCUT2D eigenvalue weighted by Crippen LogP contribution is 2.25. The molecule has 0 radical (unpaired) electrons. The SMILES string of the molecule is Cc1ccc(N2CCC(CNC(=O)COc3ccccc3)C2)cc1C. The van der Waals surface area contributed by atoms with Crippen molar-refractivity contribution in [2.45, 2.75) is 20.3 Å². The summed E-state index contributed by atoms with van der Waals surface area (Å²) in [6.45, 7) is 7.10. The Kier molecular flexibility index (Phi) is 5.59. The van der Waals surface area contributed by atoms with Crippen LogP contribution in [0.4, 0.5) is 5.69 Å². The van der Waals surface area contributed by atoms with Crippen LogP contribution in [0.1, 0.15) is 17.5 Å².